The van der Waals surface area contributed by atoms with E-state index in [0.717, 1.165) is 5.56 Å². The number of nitrogens with zero attached hydrogens (tertiary/aromatic N) is 3. The second kappa shape index (κ2) is 7.90. The lowest BCUT2D eigenvalue weighted by molar-refractivity contribution is -0.136. The molecule has 0 spiro atoms. The molecule has 0 saturated heterocycles. The van der Waals surface area contributed by atoms with Crippen molar-refractivity contribution >= 4 is 11.9 Å². The zero-order chi connectivity index (χ0) is 21.3. The van der Waals surface area contributed by atoms with Gasteiger partial charge in [-0.05, 0) is 25.1 Å². The highest BCUT2D eigenvalue weighted by atomic mass is 16.5. The molecule has 0 bridgehead atoms. The molecular formula is C22H22N4O4. The number of nitrogens with one attached hydrogen (secondary N) is 1. The van der Waals surface area contributed by atoms with Gasteiger partial charge in [0.15, 0.2) is 5.82 Å². The van der Waals surface area contributed by atoms with E-state index in [0.29, 0.717) is 40.1 Å². The van der Waals surface area contributed by atoms with Crippen LogP contribution in [0.1, 0.15) is 18.5 Å². The maximum Gasteiger partial charge on any atom is 0.338 e. The molecule has 154 valence electrons. The summed E-state index contributed by atoms with van der Waals surface area (Å²) in [4.78, 5) is 17.4. The molecule has 30 heavy (non-hydrogen) atoms. The second-order valence-corrected chi connectivity index (χ2v) is 6.74. The molecule has 1 aromatic heterocycles. The van der Waals surface area contributed by atoms with Gasteiger partial charge in [0.1, 0.15) is 17.5 Å². The molecule has 4 rings (SSSR count). The van der Waals surface area contributed by atoms with Crippen LogP contribution in [0.4, 0.5) is 5.95 Å². The molecule has 2 aromatic carbocycles. The Labute approximate surface area is 174 Å². The van der Waals surface area contributed by atoms with Crippen LogP contribution < -0.4 is 14.8 Å². The third kappa shape index (κ3) is 3.26. The van der Waals surface area contributed by atoms with Gasteiger partial charge in [0.2, 0.25) is 5.95 Å². The normalized spacial score (nSPS) is 15.3. The fraction of sp³-hybridized carbons (Fsp3) is 0.227. The summed E-state index contributed by atoms with van der Waals surface area (Å²) in [5.41, 5.74) is 2.64. The average molecular weight is 406 g/mol. The van der Waals surface area contributed by atoms with E-state index in [1.165, 1.54) is 7.11 Å². The van der Waals surface area contributed by atoms with Crippen LogP contribution in [0.5, 0.6) is 11.5 Å². The van der Waals surface area contributed by atoms with Crippen molar-refractivity contribution in [2.45, 2.75) is 13.0 Å². The molecule has 3 aromatic rings. The molecular weight excluding hydrogens is 384 g/mol. The molecule has 0 aliphatic carbocycles. The quantitative estimate of drug-likeness (QED) is 0.650. The molecule has 0 saturated carbocycles. The molecule has 1 N–H and O–H groups in total. The number of anilines is 1. The van der Waals surface area contributed by atoms with Gasteiger partial charge < -0.3 is 19.5 Å². The number of hydrogen-bond acceptors (Lipinski definition) is 7. The van der Waals surface area contributed by atoms with Crippen LogP contribution in [-0.4, -0.2) is 42.1 Å². The van der Waals surface area contributed by atoms with E-state index < -0.39 is 12.0 Å². The Morgan fingerprint density at radius 3 is 2.50 bits per heavy atom. The molecule has 0 radical (unpaired) electrons. The Morgan fingerprint density at radius 2 is 1.83 bits per heavy atom. The van der Waals surface area contributed by atoms with Crippen LogP contribution in [0.25, 0.3) is 11.4 Å². The summed E-state index contributed by atoms with van der Waals surface area (Å²) < 4.78 is 17.8. The first kappa shape index (κ1) is 19.5. The van der Waals surface area contributed by atoms with E-state index in [1.54, 1.807) is 31.0 Å². The fourth-order valence-corrected chi connectivity index (χ4v) is 3.58. The van der Waals surface area contributed by atoms with Crippen molar-refractivity contribution in [2.24, 2.45) is 0 Å². The summed E-state index contributed by atoms with van der Waals surface area (Å²) in [5, 5.41) is 7.89. The highest BCUT2D eigenvalue weighted by Crippen LogP contribution is 2.41. The van der Waals surface area contributed by atoms with Crippen LogP contribution in [0.2, 0.25) is 0 Å². The lowest BCUT2D eigenvalue weighted by Gasteiger charge is -2.29. The molecule has 1 aliphatic heterocycles. The van der Waals surface area contributed by atoms with Crippen molar-refractivity contribution in [3.8, 4) is 22.9 Å². The van der Waals surface area contributed by atoms with E-state index in [2.05, 4.69) is 10.3 Å². The van der Waals surface area contributed by atoms with Crippen molar-refractivity contribution in [3.63, 3.8) is 0 Å². The topological polar surface area (TPSA) is 87.5 Å². The summed E-state index contributed by atoms with van der Waals surface area (Å²) in [5.74, 6) is 1.84. The molecule has 0 amide bonds. The van der Waals surface area contributed by atoms with Gasteiger partial charge in [-0.2, -0.15) is 4.98 Å². The summed E-state index contributed by atoms with van der Waals surface area (Å²) in [7, 11) is 4.53. The fourth-order valence-electron chi connectivity index (χ4n) is 3.58. The number of allylic oxidation sites excluding steroid dienone is 1. The van der Waals surface area contributed by atoms with Gasteiger partial charge in [-0.3, -0.25) is 0 Å². The summed E-state index contributed by atoms with van der Waals surface area (Å²) in [6.07, 6.45) is 0. The van der Waals surface area contributed by atoms with Crippen molar-refractivity contribution in [1.82, 2.24) is 14.8 Å². The zero-order valence-electron chi connectivity index (χ0n) is 17.2. The Bertz CT molecular complexity index is 1120. The minimum absolute atomic E-state index is 0.418. The lowest BCUT2D eigenvalue weighted by Crippen LogP contribution is -2.29. The van der Waals surface area contributed by atoms with Gasteiger partial charge in [0, 0.05) is 16.8 Å². The van der Waals surface area contributed by atoms with E-state index in [4.69, 9.17) is 19.3 Å². The number of fused-ring (bicyclic) bond motifs is 1. The number of carbonyl (C=O) groups is 1. The van der Waals surface area contributed by atoms with Crippen LogP contribution in [0.15, 0.2) is 59.8 Å². The Balaban J connectivity index is 1.94. The average Bonchev–Trinajstić information content (AvgIpc) is 3.21. The number of methoxy groups -OCH3 is 3. The Hall–Kier alpha value is -3.81. The smallest absolute Gasteiger partial charge is 0.338 e. The molecule has 8 nitrogen and oxygen atoms in total. The van der Waals surface area contributed by atoms with Gasteiger partial charge in [-0.1, -0.05) is 30.3 Å². The van der Waals surface area contributed by atoms with Crippen LogP contribution >= 0.6 is 0 Å². The molecule has 2 heterocycles. The summed E-state index contributed by atoms with van der Waals surface area (Å²) in [6.45, 7) is 1.81. The van der Waals surface area contributed by atoms with Crippen LogP contribution in [0.3, 0.4) is 0 Å². The van der Waals surface area contributed by atoms with Crippen molar-refractivity contribution in [3.05, 3.63) is 65.4 Å². The minimum Gasteiger partial charge on any atom is -0.497 e. The minimum atomic E-state index is -0.608. The number of hydrogen-bond donors (Lipinski definition) is 1. The largest absolute Gasteiger partial charge is 0.497 e. The third-order valence-electron chi connectivity index (χ3n) is 5.02. The predicted molar refractivity (Wildman–Crippen MR) is 111 cm³/mol. The SMILES string of the molecule is COC(=O)C1=C(C)Nc2nc(-c3ccccc3)nn2C1c1cc(OC)ccc1OC. The molecule has 1 atom stereocenters. The van der Waals surface area contributed by atoms with Crippen LogP contribution in [-0.2, 0) is 9.53 Å². The maximum absolute atomic E-state index is 12.7. The number of aromatic nitrogens is 3. The second-order valence-electron chi connectivity index (χ2n) is 6.74. The first-order valence-corrected chi connectivity index (χ1v) is 9.37. The first-order chi connectivity index (χ1) is 14.6. The first-order valence-electron chi connectivity index (χ1n) is 9.37. The van der Waals surface area contributed by atoms with Gasteiger partial charge >= 0.3 is 5.97 Å². The molecule has 0 fully saturated rings. The number of benzene rings is 2. The van der Waals surface area contributed by atoms with Crippen molar-refractivity contribution < 1.29 is 19.0 Å². The van der Waals surface area contributed by atoms with Gasteiger partial charge in [0.25, 0.3) is 0 Å². The summed E-state index contributed by atoms with van der Waals surface area (Å²) >= 11 is 0. The Morgan fingerprint density at radius 1 is 1.07 bits per heavy atom. The van der Waals surface area contributed by atoms with Gasteiger partial charge in [-0.25, -0.2) is 9.48 Å². The van der Waals surface area contributed by atoms with E-state index in [1.807, 2.05) is 43.3 Å². The van der Waals surface area contributed by atoms with Crippen LogP contribution in [0, 0.1) is 0 Å². The summed E-state index contributed by atoms with van der Waals surface area (Å²) in [6, 6.07) is 14.5. The number of rotatable bonds is 5. The Kier molecular flexibility index (Phi) is 5.14. The maximum atomic E-state index is 12.7. The van der Waals surface area contributed by atoms with E-state index in [-0.39, 0.29) is 0 Å². The number of carbonyl (C=O) groups excluding carboxylic acids is 1. The highest BCUT2D eigenvalue weighted by Gasteiger charge is 2.36. The third-order valence-corrected chi connectivity index (χ3v) is 5.02. The monoisotopic (exact) mass is 406 g/mol. The molecule has 1 unspecified atom stereocenters. The zero-order valence-corrected chi connectivity index (χ0v) is 17.2. The standard InChI is InChI=1S/C22H22N4O4/c1-13-18(21(27)30-4)19(16-12-15(28-2)10-11-17(16)29-3)26-22(23-13)24-20(25-26)14-8-6-5-7-9-14/h5-12,19H,1-4H3,(H,23,24,25). The number of ether oxygens (including phenoxy) is 3. The van der Waals surface area contributed by atoms with Crippen molar-refractivity contribution in [2.75, 3.05) is 26.6 Å². The van der Waals surface area contributed by atoms with Gasteiger partial charge in [0.05, 0.1) is 26.9 Å². The highest BCUT2D eigenvalue weighted by molar-refractivity contribution is 5.92. The van der Waals surface area contributed by atoms with Crippen molar-refractivity contribution in [1.29, 1.82) is 0 Å². The predicted octanol–water partition coefficient (Wildman–Crippen LogP) is 3.42. The lowest BCUT2D eigenvalue weighted by atomic mass is 9.94. The van der Waals surface area contributed by atoms with E-state index in [9.17, 15) is 4.79 Å². The molecule has 1 aliphatic rings. The van der Waals surface area contributed by atoms with E-state index >= 15 is 0 Å². The van der Waals surface area contributed by atoms with Gasteiger partial charge in [-0.15, -0.1) is 5.10 Å². The number of esters is 1. The molecule has 8 heteroatoms.